The van der Waals surface area contributed by atoms with Crippen LogP contribution in [-0.4, -0.2) is 18.0 Å². The van der Waals surface area contributed by atoms with Crippen molar-refractivity contribution < 1.29 is 19.0 Å². The van der Waals surface area contributed by atoms with E-state index >= 15 is 0 Å². The molecular formula is C8H9F2NO2. The number of para-hydroxylation sites is 1. The van der Waals surface area contributed by atoms with Gasteiger partial charge in [-0.2, -0.15) is 0 Å². The third kappa shape index (κ3) is 2.70. The molecule has 1 amide bonds. The number of carboxylic acid groups (broad SMARTS) is 1. The number of amides is 1. The van der Waals surface area contributed by atoms with E-state index in [1.807, 2.05) is 0 Å². The minimum absolute atomic E-state index is 0. The van der Waals surface area contributed by atoms with Crippen molar-refractivity contribution in [2.24, 2.45) is 0 Å². The lowest BCUT2D eigenvalue weighted by Gasteiger charge is -2.13. The normalized spacial score (nSPS) is 8.69. The average molecular weight is 189 g/mol. The van der Waals surface area contributed by atoms with Crippen molar-refractivity contribution in [2.75, 3.05) is 11.7 Å². The second kappa shape index (κ2) is 5.08. The summed E-state index contributed by atoms with van der Waals surface area (Å²) in [5, 5.41) is 8.51. The number of rotatable bonds is 2. The zero-order valence-corrected chi connectivity index (χ0v) is 6.68. The van der Waals surface area contributed by atoms with Crippen molar-refractivity contribution in [3.8, 4) is 0 Å². The fourth-order valence-corrected chi connectivity index (χ4v) is 0.839. The van der Waals surface area contributed by atoms with E-state index in [-0.39, 0.29) is 4.70 Å². The molecule has 0 radical (unpaired) electrons. The highest BCUT2D eigenvalue weighted by Crippen LogP contribution is 2.12. The predicted octanol–water partition coefficient (Wildman–Crippen LogP) is 2.25. The van der Waals surface area contributed by atoms with Gasteiger partial charge in [0.05, 0.1) is 0 Å². The number of hydrogen-bond acceptors (Lipinski definition) is 1. The van der Waals surface area contributed by atoms with Crippen LogP contribution < -0.4 is 4.90 Å². The molecule has 3 nitrogen and oxygen atoms in total. The van der Waals surface area contributed by atoms with Gasteiger partial charge >= 0.3 is 6.09 Å². The summed E-state index contributed by atoms with van der Waals surface area (Å²) >= 11 is 0. The van der Waals surface area contributed by atoms with Gasteiger partial charge in [0.15, 0.2) is 6.80 Å². The third-order valence-electron chi connectivity index (χ3n) is 1.42. The molecule has 0 aromatic heterocycles. The number of benzene rings is 1. The molecule has 0 saturated heterocycles. The summed E-state index contributed by atoms with van der Waals surface area (Å²) in [6, 6.07) is 8.12. The van der Waals surface area contributed by atoms with E-state index in [1.165, 1.54) is 12.1 Å². The Balaban J connectivity index is 0.00000144. The monoisotopic (exact) mass is 189 g/mol. The van der Waals surface area contributed by atoms with Crippen LogP contribution in [0.5, 0.6) is 0 Å². The zero-order chi connectivity index (χ0) is 8.97. The molecule has 0 heterocycles. The van der Waals surface area contributed by atoms with Gasteiger partial charge in [0.2, 0.25) is 0 Å². The Morgan fingerprint density at radius 2 is 1.92 bits per heavy atom. The molecule has 1 N–H and O–H groups in total. The van der Waals surface area contributed by atoms with Crippen molar-refractivity contribution in [2.45, 2.75) is 0 Å². The number of hydrogen-bond donors (Lipinski definition) is 1. The van der Waals surface area contributed by atoms with Gasteiger partial charge in [-0.15, -0.1) is 0 Å². The molecule has 13 heavy (non-hydrogen) atoms. The molecular weight excluding hydrogens is 180 g/mol. The third-order valence-corrected chi connectivity index (χ3v) is 1.42. The smallest absolute Gasteiger partial charge is 0.413 e. The van der Waals surface area contributed by atoms with Crippen molar-refractivity contribution in [3.63, 3.8) is 0 Å². The molecule has 0 aliphatic rings. The van der Waals surface area contributed by atoms with E-state index < -0.39 is 12.9 Å². The van der Waals surface area contributed by atoms with Crippen molar-refractivity contribution in [1.29, 1.82) is 0 Å². The lowest BCUT2D eigenvalue weighted by molar-refractivity contribution is 0.198. The molecule has 0 aliphatic carbocycles. The molecule has 5 heteroatoms. The van der Waals surface area contributed by atoms with E-state index in [4.69, 9.17) is 5.11 Å². The van der Waals surface area contributed by atoms with Gasteiger partial charge in [0, 0.05) is 5.69 Å². The highest BCUT2D eigenvalue weighted by atomic mass is 19.1. The summed E-state index contributed by atoms with van der Waals surface area (Å²) in [7, 11) is 0. The van der Waals surface area contributed by atoms with Gasteiger partial charge in [-0.3, -0.25) is 4.70 Å². The summed E-state index contributed by atoms with van der Waals surface area (Å²) in [4.78, 5) is 11.0. The Morgan fingerprint density at radius 1 is 1.38 bits per heavy atom. The summed E-state index contributed by atoms with van der Waals surface area (Å²) in [6.45, 7) is -1.03. The first-order valence-corrected chi connectivity index (χ1v) is 3.37. The minimum Gasteiger partial charge on any atom is -0.465 e. The van der Waals surface area contributed by atoms with Crippen molar-refractivity contribution in [3.05, 3.63) is 30.3 Å². The maximum atomic E-state index is 12.1. The number of anilines is 1. The maximum absolute atomic E-state index is 12.1. The van der Waals surface area contributed by atoms with Crippen LogP contribution in [0.2, 0.25) is 0 Å². The van der Waals surface area contributed by atoms with Crippen molar-refractivity contribution in [1.82, 2.24) is 0 Å². The lowest BCUT2D eigenvalue weighted by atomic mass is 10.3. The van der Waals surface area contributed by atoms with E-state index in [2.05, 4.69) is 0 Å². The molecule has 0 bridgehead atoms. The Bertz CT molecular complexity index is 266. The number of halogens is 2. The molecule has 0 unspecified atom stereocenters. The van der Waals surface area contributed by atoms with Crippen LogP contribution >= 0.6 is 0 Å². The summed E-state index contributed by atoms with van der Waals surface area (Å²) < 4.78 is 12.1. The summed E-state index contributed by atoms with van der Waals surface area (Å²) in [5.41, 5.74) is 0.340. The van der Waals surface area contributed by atoms with Crippen LogP contribution in [0.15, 0.2) is 30.3 Å². The van der Waals surface area contributed by atoms with Gasteiger partial charge in [-0.25, -0.2) is 14.1 Å². The highest BCUT2D eigenvalue weighted by Gasteiger charge is 2.11. The van der Waals surface area contributed by atoms with E-state index in [0.29, 0.717) is 10.6 Å². The molecule has 1 aromatic carbocycles. The average Bonchev–Trinajstić information content (AvgIpc) is 2.07. The Morgan fingerprint density at radius 3 is 2.31 bits per heavy atom. The van der Waals surface area contributed by atoms with Crippen LogP contribution in [0.4, 0.5) is 19.6 Å². The molecule has 0 fully saturated rings. The number of alkyl halides is 1. The quantitative estimate of drug-likeness (QED) is 0.725. The van der Waals surface area contributed by atoms with E-state index in [9.17, 15) is 9.18 Å². The van der Waals surface area contributed by atoms with Crippen LogP contribution in [-0.2, 0) is 0 Å². The standard InChI is InChI=1S/C8H8FNO2.FH/c9-6-10(8(11)12)7-4-2-1-3-5-7;/h1-5H,6H2,(H,11,12);1H. The SMILES string of the molecule is F.O=C(O)N(CF)c1ccccc1. The molecule has 0 spiro atoms. The van der Waals surface area contributed by atoms with Crippen LogP contribution in [0.25, 0.3) is 0 Å². The molecule has 72 valence electrons. The van der Waals surface area contributed by atoms with Crippen LogP contribution in [0.1, 0.15) is 0 Å². The second-order valence-electron chi connectivity index (χ2n) is 2.17. The Hall–Kier alpha value is -1.65. The summed E-state index contributed by atoms with van der Waals surface area (Å²) in [5.74, 6) is 0. The fourth-order valence-electron chi connectivity index (χ4n) is 0.839. The van der Waals surface area contributed by atoms with Crippen molar-refractivity contribution >= 4 is 11.8 Å². The second-order valence-corrected chi connectivity index (χ2v) is 2.17. The maximum Gasteiger partial charge on any atom is 0.413 e. The fraction of sp³-hybridized carbons (Fsp3) is 0.125. The van der Waals surface area contributed by atoms with Gasteiger partial charge in [0.1, 0.15) is 0 Å². The summed E-state index contributed by atoms with van der Waals surface area (Å²) in [6.07, 6.45) is -1.29. The first kappa shape index (κ1) is 11.4. The topological polar surface area (TPSA) is 40.5 Å². The highest BCUT2D eigenvalue weighted by molar-refractivity contribution is 5.85. The number of nitrogens with zero attached hydrogens (tertiary/aromatic N) is 1. The first-order chi connectivity index (χ1) is 5.75. The van der Waals surface area contributed by atoms with Gasteiger partial charge in [0.25, 0.3) is 0 Å². The van der Waals surface area contributed by atoms with Gasteiger partial charge < -0.3 is 5.11 Å². The minimum atomic E-state index is -1.29. The largest absolute Gasteiger partial charge is 0.465 e. The Labute approximate surface area is 73.8 Å². The molecule has 0 atom stereocenters. The lowest BCUT2D eigenvalue weighted by Crippen LogP contribution is -2.27. The predicted molar refractivity (Wildman–Crippen MR) is 45.4 cm³/mol. The Kier molecular flexibility index (Phi) is 4.43. The molecule has 1 rings (SSSR count). The molecule has 0 saturated carbocycles. The molecule has 0 aliphatic heterocycles. The zero-order valence-electron chi connectivity index (χ0n) is 6.68. The first-order valence-electron chi connectivity index (χ1n) is 3.37. The van der Waals surface area contributed by atoms with E-state index in [1.54, 1.807) is 18.2 Å². The molecule has 1 aromatic rings. The van der Waals surface area contributed by atoms with Crippen LogP contribution in [0, 0.1) is 0 Å². The van der Waals surface area contributed by atoms with E-state index in [0.717, 1.165) is 0 Å². The van der Waals surface area contributed by atoms with Gasteiger partial charge in [-0.1, -0.05) is 18.2 Å². The number of carbonyl (C=O) groups is 1. The van der Waals surface area contributed by atoms with Crippen LogP contribution in [0.3, 0.4) is 0 Å². The van der Waals surface area contributed by atoms with Gasteiger partial charge in [-0.05, 0) is 12.1 Å².